The first-order valence-corrected chi connectivity index (χ1v) is 7.77. The van der Waals surface area contributed by atoms with Crippen LogP contribution in [-0.4, -0.2) is 15.2 Å². The van der Waals surface area contributed by atoms with Gasteiger partial charge in [-0.15, -0.1) is 5.10 Å². The molecule has 0 bridgehead atoms. The molecule has 0 saturated heterocycles. The molecule has 1 unspecified atom stereocenters. The molecule has 5 nitrogen and oxygen atoms in total. The highest BCUT2D eigenvalue weighted by Gasteiger charge is 2.20. The van der Waals surface area contributed by atoms with Gasteiger partial charge in [0.05, 0.1) is 17.4 Å². The van der Waals surface area contributed by atoms with Crippen LogP contribution in [0.3, 0.4) is 0 Å². The van der Waals surface area contributed by atoms with Gasteiger partial charge in [-0.3, -0.25) is 4.98 Å². The fourth-order valence-corrected chi connectivity index (χ4v) is 2.54. The van der Waals surface area contributed by atoms with Gasteiger partial charge in [0.15, 0.2) is 5.82 Å². The maximum atomic E-state index is 13.7. The normalized spacial score (nSPS) is 11.6. The highest BCUT2D eigenvalue weighted by Crippen LogP contribution is 2.27. The smallest absolute Gasteiger partial charge is 0.167 e. The van der Waals surface area contributed by atoms with E-state index < -0.39 is 6.04 Å². The summed E-state index contributed by atoms with van der Waals surface area (Å²) in [4.78, 5) is 4.36. The molecular weight excluding hydrogens is 317 g/mol. The van der Waals surface area contributed by atoms with E-state index in [1.807, 2.05) is 25.1 Å². The van der Waals surface area contributed by atoms with Crippen molar-refractivity contribution >= 4 is 5.82 Å². The maximum absolute atomic E-state index is 13.7. The number of aromatic nitrogens is 3. The molecule has 3 rings (SSSR count). The molecule has 0 aliphatic heterocycles. The van der Waals surface area contributed by atoms with E-state index in [4.69, 9.17) is 0 Å². The number of rotatable bonds is 4. The van der Waals surface area contributed by atoms with Crippen molar-refractivity contribution in [3.8, 4) is 6.07 Å². The fourth-order valence-electron chi connectivity index (χ4n) is 2.54. The summed E-state index contributed by atoms with van der Waals surface area (Å²) in [6, 6.07) is 13.5. The van der Waals surface area contributed by atoms with Crippen molar-refractivity contribution in [2.45, 2.75) is 19.9 Å². The first kappa shape index (κ1) is 16.5. The van der Waals surface area contributed by atoms with Gasteiger partial charge in [-0.05, 0) is 49.2 Å². The van der Waals surface area contributed by atoms with Crippen LogP contribution in [0.4, 0.5) is 10.2 Å². The second-order valence-corrected chi connectivity index (χ2v) is 5.63. The van der Waals surface area contributed by atoms with E-state index in [9.17, 15) is 9.65 Å². The summed E-state index contributed by atoms with van der Waals surface area (Å²) >= 11 is 0. The molecule has 2 heterocycles. The molecule has 1 N–H and O–H groups in total. The van der Waals surface area contributed by atoms with Crippen LogP contribution in [0, 0.1) is 31.0 Å². The first-order chi connectivity index (χ1) is 12.1. The molecule has 0 radical (unpaired) electrons. The number of nitrogens with one attached hydrogen (secondary N) is 1. The van der Waals surface area contributed by atoms with E-state index in [2.05, 4.69) is 26.6 Å². The molecule has 25 heavy (non-hydrogen) atoms. The van der Waals surface area contributed by atoms with Gasteiger partial charge in [-0.1, -0.05) is 18.2 Å². The minimum Gasteiger partial charge on any atom is -0.355 e. The molecule has 0 spiro atoms. The second kappa shape index (κ2) is 7.05. The number of nitriles is 1. The number of nitrogens with zero attached hydrogens (tertiary/aromatic N) is 4. The maximum Gasteiger partial charge on any atom is 0.167 e. The SMILES string of the molecule is Cc1nnc(NC(c2cccc(F)c2)c2ccccn2)c(C#N)c1C. The lowest BCUT2D eigenvalue weighted by atomic mass is 10.0. The summed E-state index contributed by atoms with van der Waals surface area (Å²) in [5.41, 5.74) is 3.26. The lowest BCUT2D eigenvalue weighted by Gasteiger charge is -2.20. The largest absolute Gasteiger partial charge is 0.355 e. The van der Waals surface area contributed by atoms with Gasteiger partial charge in [0.1, 0.15) is 17.4 Å². The average Bonchev–Trinajstić information content (AvgIpc) is 2.63. The summed E-state index contributed by atoms with van der Waals surface area (Å²) in [6.45, 7) is 3.63. The van der Waals surface area contributed by atoms with Crippen molar-refractivity contribution in [2.75, 3.05) is 5.32 Å². The Hall–Kier alpha value is -3.33. The molecule has 0 amide bonds. The Labute approximate surface area is 145 Å². The Morgan fingerprint density at radius 1 is 1.12 bits per heavy atom. The molecule has 124 valence electrons. The third kappa shape index (κ3) is 3.45. The molecule has 1 aromatic carbocycles. The lowest BCUT2D eigenvalue weighted by Crippen LogP contribution is -2.17. The highest BCUT2D eigenvalue weighted by molar-refractivity contribution is 5.57. The third-order valence-electron chi connectivity index (χ3n) is 4.01. The van der Waals surface area contributed by atoms with Crippen LogP contribution in [0.15, 0.2) is 48.7 Å². The topological polar surface area (TPSA) is 74.5 Å². The van der Waals surface area contributed by atoms with Crippen molar-refractivity contribution in [3.05, 3.63) is 82.6 Å². The molecule has 1 atom stereocenters. The van der Waals surface area contributed by atoms with E-state index in [0.29, 0.717) is 28.3 Å². The van der Waals surface area contributed by atoms with Crippen molar-refractivity contribution in [1.29, 1.82) is 5.26 Å². The highest BCUT2D eigenvalue weighted by atomic mass is 19.1. The average molecular weight is 333 g/mol. The van der Waals surface area contributed by atoms with Crippen molar-refractivity contribution in [2.24, 2.45) is 0 Å². The summed E-state index contributed by atoms with van der Waals surface area (Å²) in [5.74, 6) is 0.0115. The van der Waals surface area contributed by atoms with Gasteiger partial charge in [-0.2, -0.15) is 10.4 Å². The Morgan fingerprint density at radius 2 is 1.96 bits per heavy atom. The number of hydrogen-bond acceptors (Lipinski definition) is 5. The van der Waals surface area contributed by atoms with E-state index in [-0.39, 0.29) is 5.82 Å². The summed E-state index contributed by atoms with van der Waals surface area (Å²) in [5, 5.41) is 20.9. The Morgan fingerprint density at radius 3 is 2.64 bits per heavy atom. The molecule has 6 heteroatoms. The Balaban J connectivity index is 2.09. The third-order valence-corrected chi connectivity index (χ3v) is 4.01. The molecule has 0 fully saturated rings. The zero-order valence-corrected chi connectivity index (χ0v) is 13.9. The van der Waals surface area contributed by atoms with Gasteiger partial charge in [-0.25, -0.2) is 4.39 Å². The molecule has 0 aliphatic carbocycles. The minimum atomic E-state index is -0.458. The monoisotopic (exact) mass is 333 g/mol. The van der Waals surface area contributed by atoms with Crippen molar-refractivity contribution < 1.29 is 4.39 Å². The van der Waals surface area contributed by atoms with Gasteiger partial charge < -0.3 is 5.32 Å². The summed E-state index contributed by atoms with van der Waals surface area (Å²) < 4.78 is 13.7. The van der Waals surface area contributed by atoms with Crippen LogP contribution in [0.25, 0.3) is 0 Å². The Bertz CT molecular complexity index is 934. The zero-order chi connectivity index (χ0) is 17.8. The van der Waals surface area contributed by atoms with Gasteiger partial charge in [0.25, 0.3) is 0 Å². The van der Waals surface area contributed by atoms with Crippen LogP contribution in [0.1, 0.15) is 34.1 Å². The van der Waals surface area contributed by atoms with Crippen LogP contribution in [0.5, 0.6) is 0 Å². The van der Waals surface area contributed by atoms with E-state index in [1.165, 1.54) is 12.1 Å². The number of halogens is 1. The van der Waals surface area contributed by atoms with Crippen molar-refractivity contribution in [1.82, 2.24) is 15.2 Å². The zero-order valence-electron chi connectivity index (χ0n) is 13.9. The van der Waals surface area contributed by atoms with Crippen molar-refractivity contribution in [3.63, 3.8) is 0 Å². The minimum absolute atomic E-state index is 0.341. The second-order valence-electron chi connectivity index (χ2n) is 5.63. The molecule has 3 aromatic rings. The van der Waals surface area contributed by atoms with Gasteiger partial charge in [0, 0.05) is 6.20 Å². The number of anilines is 1. The van der Waals surface area contributed by atoms with Crippen LogP contribution >= 0.6 is 0 Å². The molecule has 0 aliphatic rings. The summed E-state index contributed by atoms with van der Waals surface area (Å²) in [6.07, 6.45) is 1.67. The van der Waals surface area contributed by atoms with E-state index >= 15 is 0 Å². The lowest BCUT2D eigenvalue weighted by molar-refractivity contribution is 0.624. The molecular formula is C19H16FN5. The van der Waals surface area contributed by atoms with Crippen LogP contribution in [0.2, 0.25) is 0 Å². The van der Waals surface area contributed by atoms with Gasteiger partial charge >= 0.3 is 0 Å². The predicted molar refractivity (Wildman–Crippen MR) is 92.3 cm³/mol. The van der Waals surface area contributed by atoms with Gasteiger partial charge in [0.2, 0.25) is 0 Å². The number of benzene rings is 1. The standard InChI is InChI=1S/C19H16FN5/c1-12-13(2)24-25-19(16(12)11-21)23-18(17-8-3-4-9-22-17)14-6-5-7-15(20)10-14/h3-10,18H,1-2H3,(H,23,25). The van der Waals surface area contributed by atoms with E-state index in [0.717, 1.165) is 5.56 Å². The quantitative estimate of drug-likeness (QED) is 0.788. The first-order valence-electron chi connectivity index (χ1n) is 7.77. The molecule has 2 aromatic heterocycles. The Kier molecular flexibility index (Phi) is 4.66. The predicted octanol–water partition coefficient (Wildman–Crippen LogP) is 3.70. The van der Waals surface area contributed by atoms with Crippen LogP contribution < -0.4 is 5.32 Å². The summed E-state index contributed by atoms with van der Waals surface area (Å²) in [7, 11) is 0. The fraction of sp³-hybridized carbons (Fsp3) is 0.158. The number of aryl methyl sites for hydroxylation is 1. The number of hydrogen-bond donors (Lipinski definition) is 1. The molecule has 0 saturated carbocycles. The van der Waals surface area contributed by atoms with Crippen LogP contribution in [-0.2, 0) is 0 Å². The van der Waals surface area contributed by atoms with E-state index in [1.54, 1.807) is 25.3 Å². The number of pyridine rings is 1.